The molecule has 1 unspecified atom stereocenters. The van der Waals surface area contributed by atoms with E-state index in [0.717, 1.165) is 17.8 Å². The molecule has 0 saturated carbocycles. The normalized spacial score (nSPS) is 15.9. The van der Waals surface area contributed by atoms with Crippen LogP contribution in [0.1, 0.15) is 43.7 Å². The second-order valence-electron chi connectivity index (χ2n) is 7.09. The van der Waals surface area contributed by atoms with Crippen LogP contribution in [0.25, 0.3) is 11.1 Å². The van der Waals surface area contributed by atoms with Crippen LogP contribution >= 0.6 is 11.6 Å². The van der Waals surface area contributed by atoms with Crippen molar-refractivity contribution in [2.75, 3.05) is 0 Å². The van der Waals surface area contributed by atoms with E-state index >= 15 is 0 Å². The summed E-state index contributed by atoms with van der Waals surface area (Å²) in [6.45, 7) is 3.98. The summed E-state index contributed by atoms with van der Waals surface area (Å²) in [7, 11) is 0. The number of aromatic nitrogens is 3. The molecule has 0 fully saturated rings. The molecule has 0 radical (unpaired) electrons. The van der Waals surface area contributed by atoms with Crippen molar-refractivity contribution in [3.8, 4) is 17.0 Å². The van der Waals surface area contributed by atoms with Crippen molar-refractivity contribution >= 4 is 11.6 Å². The Bertz CT molecular complexity index is 1040. The lowest BCUT2D eigenvalue weighted by Crippen LogP contribution is -2.46. The van der Waals surface area contributed by atoms with Crippen molar-refractivity contribution in [3.05, 3.63) is 75.6 Å². The van der Waals surface area contributed by atoms with Crippen LogP contribution in [0.3, 0.4) is 0 Å². The van der Waals surface area contributed by atoms with Gasteiger partial charge in [-0.2, -0.15) is 9.13 Å². The van der Waals surface area contributed by atoms with Crippen molar-refractivity contribution in [3.63, 3.8) is 0 Å². The number of rotatable bonds is 3. The predicted octanol–water partition coefficient (Wildman–Crippen LogP) is 3.67. The summed E-state index contributed by atoms with van der Waals surface area (Å²) in [5, 5.41) is 11.6. The van der Waals surface area contributed by atoms with E-state index in [0.29, 0.717) is 22.7 Å². The fourth-order valence-corrected chi connectivity index (χ4v) is 4.06. The molecule has 1 aliphatic rings. The topological polar surface area (TPSA) is 59.0 Å². The van der Waals surface area contributed by atoms with Gasteiger partial charge in [0.25, 0.3) is 11.7 Å². The quantitative estimate of drug-likeness (QED) is 0.555. The molecule has 0 saturated heterocycles. The summed E-state index contributed by atoms with van der Waals surface area (Å²) in [5.74, 6) is 0.850. The zero-order valence-electron chi connectivity index (χ0n) is 15.3. The maximum Gasteiger partial charge on any atom is 0.349 e. The number of fused-ring (bicyclic) bond motifs is 1. The van der Waals surface area contributed by atoms with Crippen LogP contribution in [0, 0.1) is 0 Å². The second kappa shape index (κ2) is 6.82. The van der Waals surface area contributed by atoms with Crippen molar-refractivity contribution < 1.29 is 9.67 Å². The highest BCUT2D eigenvalue weighted by Gasteiger charge is 2.39. The Kier molecular flexibility index (Phi) is 4.48. The average Bonchev–Trinajstić information content (AvgIpc) is 3.08. The fraction of sp³-hybridized carbons (Fsp3) is 0.286. The van der Waals surface area contributed by atoms with Gasteiger partial charge in [0.1, 0.15) is 11.2 Å². The van der Waals surface area contributed by atoms with E-state index in [2.05, 4.69) is 4.98 Å². The Morgan fingerprint density at radius 1 is 1.22 bits per heavy atom. The number of benzene rings is 1. The molecule has 1 N–H and O–H groups in total. The molecule has 27 heavy (non-hydrogen) atoms. The third-order valence-electron chi connectivity index (χ3n) is 5.11. The zero-order chi connectivity index (χ0) is 19.1. The molecule has 138 valence electrons. The average molecular weight is 383 g/mol. The molecule has 0 spiro atoms. The summed E-state index contributed by atoms with van der Waals surface area (Å²) in [6, 6.07) is 12.9. The summed E-state index contributed by atoms with van der Waals surface area (Å²) in [4.78, 5) is 17.4. The van der Waals surface area contributed by atoms with E-state index < -0.39 is 0 Å². The van der Waals surface area contributed by atoms with Gasteiger partial charge < -0.3 is 5.11 Å². The Morgan fingerprint density at radius 2 is 1.96 bits per heavy atom. The Labute approximate surface area is 162 Å². The first-order valence-electron chi connectivity index (χ1n) is 9.07. The molecular formula is C21H21ClN3O2+. The molecule has 0 aliphatic carbocycles. The minimum atomic E-state index is -0.158. The molecule has 6 heteroatoms. The predicted molar refractivity (Wildman–Crippen MR) is 104 cm³/mol. The number of hydrogen-bond acceptors (Lipinski definition) is 3. The Morgan fingerprint density at radius 3 is 2.59 bits per heavy atom. The van der Waals surface area contributed by atoms with Crippen molar-refractivity contribution in [2.24, 2.45) is 0 Å². The van der Waals surface area contributed by atoms with Gasteiger partial charge in [-0.05, 0) is 25.5 Å². The molecule has 1 atom stereocenters. The summed E-state index contributed by atoms with van der Waals surface area (Å²) in [5.41, 5.74) is 1.85. The first-order valence-corrected chi connectivity index (χ1v) is 9.45. The molecule has 0 bridgehead atoms. The van der Waals surface area contributed by atoms with Crippen molar-refractivity contribution in [2.45, 2.75) is 38.8 Å². The zero-order valence-corrected chi connectivity index (χ0v) is 16.0. The third-order valence-corrected chi connectivity index (χ3v) is 5.33. The maximum absolute atomic E-state index is 13.2. The van der Waals surface area contributed by atoms with Gasteiger partial charge in [0.05, 0.1) is 12.5 Å². The SMILES string of the molecule is CC(C)n1c2[n+](c(O)c(-c3ccccc3)c1=O)C(c1ccc(Cl)nc1)CC2. The van der Waals surface area contributed by atoms with Crippen molar-refractivity contribution in [1.29, 1.82) is 0 Å². The van der Waals surface area contributed by atoms with E-state index in [4.69, 9.17) is 11.6 Å². The van der Waals surface area contributed by atoms with E-state index in [-0.39, 0.29) is 23.5 Å². The summed E-state index contributed by atoms with van der Waals surface area (Å²) < 4.78 is 3.68. The molecule has 2 aromatic heterocycles. The molecule has 1 aromatic carbocycles. The van der Waals surface area contributed by atoms with E-state index in [1.54, 1.807) is 16.8 Å². The van der Waals surface area contributed by atoms with E-state index in [1.165, 1.54) is 0 Å². The standard InChI is InChI=1S/C21H20ClN3O2/c1-13(2)24-18-11-9-16(15-8-10-17(22)23-12-15)25(18)21(27)19(20(24)26)14-6-4-3-5-7-14/h3-8,10,12-13,16H,9,11H2,1-2H3/p+1. The van der Waals surface area contributed by atoms with Crippen molar-refractivity contribution in [1.82, 2.24) is 9.55 Å². The minimum absolute atomic E-state index is 0.00977. The van der Waals surface area contributed by atoms with Gasteiger partial charge in [-0.25, -0.2) is 9.78 Å². The summed E-state index contributed by atoms with van der Waals surface area (Å²) >= 11 is 5.93. The molecule has 0 amide bonds. The number of hydrogen-bond donors (Lipinski definition) is 1. The number of aromatic hydroxyl groups is 1. The van der Waals surface area contributed by atoms with Crippen LogP contribution in [0.5, 0.6) is 5.88 Å². The maximum atomic E-state index is 13.2. The lowest BCUT2D eigenvalue weighted by Gasteiger charge is -2.16. The van der Waals surface area contributed by atoms with Gasteiger partial charge in [-0.3, -0.25) is 0 Å². The minimum Gasteiger partial charge on any atom is -0.477 e. The molecule has 3 aromatic rings. The fourth-order valence-electron chi connectivity index (χ4n) is 3.95. The molecule has 3 heterocycles. The largest absolute Gasteiger partial charge is 0.477 e. The van der Waals surface area contributed by atoms with E-state index in [1.807, 2.05) is 54.8 Å². The Balaban J connectivity index is 2.00. The highest BCUT2D eigenvalue weighted by atomic mass is 35.5. The lowest BCUT2D eigenvalue weighted by molar-refractivity contribution is -0.716. The highest BCUT2D eigenvalue weighted by Crippen LogP contribution is 2.32. The monoisotopic (exact) mass is 382 g/mol. The Hall–Kier alpha value is -2.66. The smallest absolute Gasteiger partial charge is 0.349 e. The molecular weight excluding hydrogens is 362 g/mol. The van der Waals surface area contributed by atoms with Gasteiger partial charge >= 0.3 is 5.56 Å². The highest BCUT2D eigenvalue weighted by molar-refractivity contribution is 6.29. The van der Waals surface area contributed by atoms with Gasteiger partial charge in [0.2, 0.25) is 0 Å². The van der Waals surface area contributed by atoms with Crippen LogP contribution in [-0.2, 0) is 6.42 Å². The summed E-state index contributed by atoms with van der Waals surface area (Å²) in [6.07, 6.45) is 3.24. The third kappa shape index (κ3) is 2.92. The van der Waals surface area contributed by atoms with E-state index in [9.17, 15) is 9.90 Å². The number of halogens is 1. The number of nitrogens with zero attached hydrogens (tertiary/aromatic N) is 3. The second-order valence-corrected chi connectivity index (χ2v) is 7.48. The molecule has 4 rings (SSSR count). The van der Waals surface area contributed by atoms with Gasteiger partial charge in [-0.1, -0.05) is 48.0 Å². The lowest BCUT2D eigenvalue weighted by atomic mass is 10.1. The van der Waals surface area contributed by atoms with Gasteiger partial charge in [-0.15, -0.1) is 0 Å². The molecule has 5 nitrogen and oxygen atoms in total. The van der Waals surface area contributed by atoms with Crippen LogP contribution in [-0.4, -0.2) is 14.7 Å². The number of pyridine rings is 1. The van der Waals surface area contributed by atoms with Crippen LogP contribution in [0.2, 0.25) is 5.15 Å². The first-order chi connectivity index (χ1) is 13.0. The van der Waals surface area contributed by atoms with Crippen LogP contribution in [0.4, 0.5) is 0 Å². The molecule has 1 aliphatic heterocycles. The van der Waals surface area contributed by atoms with Gasteiger partial charge in [0, 0.05) is 18.2 Å². The van der Waals surface area contributed by atoms with Gasteiger partial charge in [0.15, 0.2) is 5.56 Å². The van der Waals surface area contributed by atoms with Crippen LogP contribution < -0.4 is 10.1 Å². The first kappa shape index (κ1) is 17.7. The van der Waals surface area contributed by atoms with Crippen LogP contribution in [0.15, 0.2) is 53.5 Å².